The lowest BCUT2D eigenvalue weighted by molar-refractivity contribution is -0.222. The fraction of sp³-hybridized carbons (Fsp3) is 0.353. The molecule has 1 aromatic carbocycles. The molecule has 1 saturated heterocycles. The molecule has 6 nitrogen and oxygen atoms in total. The fourth-order valence-corrected chi connectivity index (χ4v) is 2.65. The number of rotatable bonds is 2. The lowest BCUT2D eigenvalue weighted by Crippen LogP contribution is -2.42. The topological polar surface area (TPSA) is 81.7 Å². The number of carbonyl (C=O) groups excluding carboxylic acids is 3. The number of aryl methyl sites for hydroxylation is 1. The summed E-state index contributed by atoms with van der Waals surface area (Å²) in [5, 5.41) is 2.86. The third-order valence-corrected chi connectivity index (χ3v) is 3.76. The number of anilines is 1. The Morgan fingerprint density at radius 1 is 1.09 bits per heavy atom. The summed E-state index contributed by atoms with van der Waals surface area (Å²) in [6.45, 7) is 2.98. The molecule has 0 aromatic heterocycles. The first-order valence-electron chi connectivity index (χ1n) is 7.45. The highest BCUT2D eigenvalue weighted by Crippen LogP contribution is 2.25. The van der Waals surface area contributed by atoms with Crippen molar-refractivity contribution in [2.75, 3.05) is 5.32 Å². The van der Waals surface area contributed by atoms with Gasteiger partial charge >= 0.3 is 11.9 Å². The van der Waals surface area contributed by atoms with E-state index in [1.54, 1.807) is 12.1 Å². The van der Waals surface area contributed by atoms with Crippen molar-refractivity contribution >= 4 is 23.4 Å². The number of carbonyl (C=O) groups is 3. The van der Waals surface area contributed by atoms with Gasteiger partial charge in [-0.1, -0.05) is 6.07 Å². The number of ether oxygens (including phenoxy) is 2. The molecule has 6 heteroatoms. The van der Waals surface area contributed by atoms with Gasteiger partial charge in [-0.25, -0.2) is 9.59 Å². The fourth-order valence-electron chi connectivity index (χ4n) is 2.65. The maximum atomic E-state index is 11.9. The molecule has 1 aromatic rings. The molecule has 120 valence electrons. The number of cyclic esters (lactones) is 2. The summed E-state index contributed by atoms with van der Waals surface area (Å²) in [5.41, 5.74) is 2.12. The molecule has 1 heterocycles. The van der Waals surface area contributed by atoms with Gasteiger partial charge < -0.3 is 14.8 Å². The predicted molar refractivity (Wildman–Crippen MR) is 81.7 cm³/mol. The third kappa shape index (κ3) is 3.11. The summed E-state index contributed by atoms with van der Waals surface area (Å²) in [4.78, 5) is 35.6. The van der Waals surface area contributed by atoms with Crippen molar-refractivity contribution in [1.82, 2.24) is 0 Å². The van der Waals surface area contributed by atoms with E-state index in [1.807, 2.05) is 6.07 Å². The van der Waals surface area contributed by atoms with Crippen LogP contribution in [0.4, 0.5) is 5.69 Å². The molecular weight excluding hydrogens is 298 g/mol. The Labute approximate surface area is 133 Å². The number of esters is 2. The number of fused-ring (bicyclic) bond motifs is 1. The van der Waals surface area contributed by atoms with E-state index in [9.17, 15) is 14.4 Å². The molecule has 1 fully saturated rings. The number of hydrogen-bond acceptors (Lipinski definition) is 6. The summed E-state index contributed by atoms with van der Waals surface area (Å²) in [7, 11) is 0. The first-order chi connectivity index (χ1) is 10.9. The molecule has 0 amide bonds. The van der Waals surface area contributed by atoms with E-state index in [4.69, 9.17) is 9.47 Å². The van der Waals surface area contributed by atoms with Crippen molar-refractivity contribution in [3.63, 3.8) is 0 Å². The molecule has 0 radical (unpaired) electrons. The van der Waals surface area contributed by atoms with E-state index in [2.05, 4.69) is 5.32 Å². The molecule has 1 aliphatic carbocycles. The van der Waals surface area contributed by atoms with Crippen molar-refractivity contribution in [3.8, 4) is 0 Å². The van der Waals surface area contributed by atoms with Crippen molar-refractivity contribution in [2.24, 2.45) is 0 Å². The second-order valence-corrected chi connectivity index (χ2v) is 6.03. The van der Waals surface area contributed by atoms with Crippen LogP contribution in [0.25, 0.3) is 0 Å². The Bertz CT molecular complexity index is 710. The van der Waals surface area contributed by atoms with Gasteiger partial charge in [0.2, 0.25) is 0 Å². The van der Waals surface area contributed by atoms with Crippen LogP contribution >= 0.6 is 0 Å². The van der Waals surface area contributed by atoms with E-state index < -0.39 is 17.7 Å². The average molecular weight is 315 g/mol. The molecule has 3 rings (SSSR count). The number of benzene rings is 1. The lowest BCUT2D eigenvalue weighted by atomic mass is 9.90. The highest BCUT2D eigenvalue weighted by Gasteiger charge is 2.38. The molecule has 0 bridgehead atoms. The molecule has 0 atom stereocenters. The maximum absolute atomic E-state index is 11.9. The van der Waals surface area contributed by atoms with Crippen LogP contribution in [0.15, 0.2) is 30.0 Å². The van der Waals surface area contributed by atoms with Gasteiger partial charge in [-0.15, -0.1) is 0 Å². The monoisotopic (exact) mass is 315 g/mol. The predicted octanol–water partition coefficient (Wildman–Crippen LogP) is 2.34. The van der Waals surface area contributed by atoms with Gasteiger partial charge in [0, 0.05) is 37.7 Å². The van der Waals surface area contributed by atoms with Crippen molar-refractivity contribution in [1.29, 1.82) is 0 Å². The molecule has 0 spiro atoms. The van der Waals surface area contributed by atoms with E-state index >= 15 is 0 Å². The molecule has 23 heavy (non-hydrogen) atoms. The second kappa shape index (κ2) is 5.53. The van der Waals surface area contributed by atoms with E-state index in [0.717, 1.165) is 18.4 Å². The zero-order chi connectivity index (χ0) is 16.6. The average Bonchev–Trinajstić information content (AvgIpc) is 2.46. The molecule has 0 saturated carbocycles. The minimum atomic E-state index is -1.26. The molecule has 0 unspecified atom stereocenters. The van der Waals surface area contributed by atoms with E-state index in [0.29, 0.717) is 17.7 Å². The summed E-state index contributed by atoms with van der Waals surface area (Å²) < 4.78 is 10.0. The number of ketones is 1. The van der Waals surface area contributed by atoms with Crippen LogP contribution in [0.1, 0.15) is 42.6 Å². The van der Waals surface area contributed by atoms with Crippen LogP contribution in [-0.4, -0.2) is 23.5 Å². The number of hydrogen-bond donors (Lipinski definition) is 1. The molecule has 1 N–H and O–H groups in total. The SMILES string of the molecule is CC1(C)OC(=O)C(=CNc2ccc3c(c2)C(=O)CCC3)C(=O)O1. The Morgan fingerprint density at radius 3 is 2.48 bits per heavy atom. The first-order valence-corrected chi connectivity index (χ1v) is 7.45. The van der Waals surface area contributed by atoms with Crippen LogP contribution in [0.5, 0.6) is 0 Å². The van der Waals surface area contributed by atoms with Crippen LogP contribution in [0.3, 0.4) is 0 Å². The molecule has 1 aliphatic heterocycles. The van der Waals surface area contributed by atoms with Crippen LogP contribution in [0, 0.1) is 0 Å². The van der Waals surface area contributed by atoms with Gasteiger partial charge in [-0.2, -0.15) is 0 Å². The standard InChI is InChI=1S/C17H17NO5/c1-17(2)22-15(20)13(16(21)23-17)9-18-11-7-6-10-4-3-5-14(19)12(10)8-11/h6-9,18H,3-5H2,1-2H3. The Hall–Kier alpha value is -2.63. The zero-order valence-electron chi connectivity index (χ0n) is 13.0. The Kier molecular flexibility index (Phi) is 3.67. The van der Waals surface area contributed by atoms with Gasteiger partial charge in [-0.3, -0.25) is 4.79 Å². The number of nitrogens with one attached hydrogen (secondary N) is 1. The first kappa shape index (κ1) is 15.3. The van der Waals surface area contributed by atoms with Gasteiger partial charge in [0.25, 0.3) is 5.79 Å². The minimum absolute atomic E-state index is 0.112. The summed E-state index contributed by atoms with van der Waals surface area (Å²) in [6.07, 6.45) is 3.55. The molecular formula is C17H17NO5. The lowest BCUT2D eigenvalue weighted by Gasteiger charge is -2.29. The zero-order valence-corrected chi connectivity index (χ0v) is 13.0. The van der Waals surface area contributed by atoms with Crippen molar-refractivity contribution < 1.29 is 23.9 Å². The maximum Gasteiger partial charge on any atom is 0.350 e. The van der Waals surface area contributed by atoms with Gasteiger partial charge in [0.05, 0.1) is 0 Å². The normalized spacial score (nSPS) is 19.6. The summed E-state index contributed by atoms with van der Waals surface area (Å²) in [5.74, 6) is -2.63. The van der Waals surface area contributed by atoms with Crippen molar-refractivity contribution in [2.45, 2.75) is 38.9 Å². The van der Waals surface area contributed by atoms with Gasteiger partial charge in [0.15, 0.2) is 11.4 Å². The van der Waals surface area contributed by atoms with Gasteiger partial charge in [-0.05, 0) is 30.5 Å². The highest BCUT2D eigenvalue weighted by atomic mass is 16.7. The third-order valence-electron chi connectivity index (χ3n) is 3.76. The van der Waals surface area contributed by atoms with E-state index in [-0.39, 0.29) is 11.4 Å². The van der Waals surface area contributed by atoms with Crippen LogP contribution in [-0.2, 0) is 25.5 Å². The highest BCUT2D eigenvalue weighted by molar-refractivity contribution is 6.15. The van der Waals surface area contributed by atoms with Crippen molar-refractivity contribution in [3.05, 3.63) is 41.1 Å². The van der Waals surface area contributed by atoms with Crippen LogP contribution < -0.4 is 5.32 Å². The van der Waals surface area contributed by atoms with Gasteiger partial charge in [0.1, 0.15) is 0 Å². The second-order valence-electron chi connectivity index (χ2n) is 6.03. The quantitative estimate of drug-likeness (QED) is 0.512. The molecule has 2 aliphatic rings. The van der Waals surface area contributed by atoms with E-state index in [1.165, 1.54) is 20.0 Å². The van der Waals surface area contributed by atoms with Crippen LogP contribution in [0.2, 0.25) is 0 Å². The minimum Gasteiger partial charge on any atom is -0.419 e. The smallest absolute Gasteiger partial charge is 0.350 e. The summed E-state index contributed by atoms with van der Waals surface area (Å²) in [6, 6.07) is 5.42. The Morgan fingerprint density at radius 2 is 1.78 bits per heavy atom. The number of Topliss-reactive ketones (excluding diaryl/α,β-unsaturated/α-hetero) is 1. The summed E-state index contributed by atoms with van der Waals surface area (Å²) >= 11 is 0. The largest absolute Gasteiger partial charge is 0.419 e. The Balaban J connectivity index is 1.80.